The average Bonchev–Trinajstić information content (AvgIpc) is 3.88. The highest BCUT2D eigenvalue weighted by Gasteiger charge is 2.21. The van der Waals surface area contributed by atoms with E-state index in [0.29, 0.717) is 27.9 Å². The molecule has 12 aromatic rings. The molecule has 9 aromatic carbocycles. The fourth-order valence-electron chi connectivity index (χ4n) is 8.30. The lowest BCUT2D eigenvalue weighted by molar-refractivity contribution is 0.669. The second-order valence-electron chi connectivity index (χ2n) is 13.9. The fraction of sp³-hybridized carbons (Fsp3) is 0. The summed E-state index contributed by atoms with van der Waals surface area (Å²) in [5.41, 5.74) is 5.74. The Balaban J connectivity index is 1.09. The van der Waals surface area contributed by atoms with E-state index in [1.165, 1.54) is 26.9 Å². The highest BCUT2D eigenvalue weighted by Crippen LogP contribution is 2.43. The number of para-hydroxylation sites is 2. The first-order valence-corrected chi connectivity index (χ1v) is 18.4. The Labute approximate surface area is 327 Å². The molecule has 0 saturated heterocycles. The third kappa shape index (κ3) is 4.64. The Morgan fingerprint density at radius 3 is 1.70 bits per heavy atom. The first-order chi connectivity index (χ1) is 29.8. The summed E-state index contributed by atoms with van der Waals surface area (Å²) in [6, 6.07) is 46.7. The van der Waals surface area contributed by atoms with Crippen LogP contribution in [0.1, 0.15) is 6.85 Å². The summed E-state index contributed by atoms with van der Waals surface area (Å²) in [6.45, 7) is 0. The van der Waals surface area contributed by atoms with Crippen molar-refractivity contribution >= 4 is 76.2 Å². The fourth-order valence-corrected chi connectivity index (χ4v) is 8.30. The third-order valence-corrected chi connectivity index (χ3v) is 10.8. The van der Waals surface area contributed by atoms with E-state index in [1.807, 2.05) is 72.8 Å². The summed E-state index contributed by atoms with van der Waals surface area (Å²) in [5, 5.41) is 10.7. The van der Waals surface area contributed by atoms with Crippen LogP contribution in [-0.4, -0.2) is 15.0 Å². The standard InChI is InChI=1S/C51H29N3O2/c1-2-12-30(13-3-1)49-52-50(32-25-27-40-39-18-8-9-22-44(39)55-46(40)29-32)54-51(53-49)42-21-11-23-45-47(42)41-20-10-19-33(48(41)56-45)31-24-26-38-36-16-5-4-14-34(36)35-15-6-7-17-37(35)43(38)28-31/h1-29H/i1D,2D,3D,12D,13D. The monoisotopic (exact) mass is 720 g/mol. The summed E-state index contributed by atoms with van der Waals surface area (Å²) < 4.78 is 55.8. The van der Waals surface area contributed by atoms with Gasteiger partial charge < -0.3 is 8.83 Å². The summed E-state index contributed by atoms with van der Waals surface area (Å²) in [6.07, 6.45) is 0. The van der Waals surface area contributed by atoms with Gasteiger partial charge in [0, 0.05) is 43.8 Å². The van der Waals surface area contributed by atoms with Gasteiger partial charge in [0.2, 0.25) is 0 Å². The minimum absolute atomic E-state index is 0.0527. The van der Waals surface area contributed by atoms with Gasteiger partial charge in [-0.25, -0.2) is 15.0 Å². The van der Waals surface area contributed by atoms with Gasteiger partial charge in [0.15, 0.2) is 17.5 Å². The van der Waals surface area contributed by atoms with Crippen LogP contribution in [0.25, 0.3) is 121 Å². The highest BCUT2D eigenvalue weighted by atomic mass is 16.3. The SMILES string of the molecule is [2H]c1c([2H])c([2H])c(-c2nc(-c3ccc4c(c3)oc3ccccc34)nc(-c3cccc4oc5c(-c6ccc7c8ccccc8c8ccccc8c7c6)cccc5c34)n2)c([2H])c1[2H]. The van der Waals surface area contributed by atoms with E-state index in [-0.39, 0.29) is 23.0 Å². The van der Waals surface area contributed by atoms with Crippen LogP contribution in [0.4, 0.5) is 0 Å². The minimum Gasteiger partial charge on any atom is -0.456 e. The molecule has 0 radical (unpaired) electrons. The van der Waals surface area contributed by atoms with Gasteiger partial charge in [-0.3, -0.25) is 0 Å². The van der Waals surface area contributed by atoms with Gasteiger partial charge in [-0.15, -0.1) is 0 Å². The number of benzene rings is 9. The molecule has 0 aliphatic carbocycles. The zero-order valence-electron chi connectivity index (χ0n) is 34.5. The van der Waals surface area contributed by atoms with Crippen molar-refractivity contribution in [3.63, 3.8) is 0 Å². The smallest absolute Gasteiger partial charge is 0.164 e. The van der Waals surface area contributed by atoms with Crippen LogP contribution in [0.2, 0.25) is 0 Å². The van der Waals surface area contributed by atoms with E-state index in [9.17, 15) is 0 Å². The van der Waals surface area contributed by atoms with Crippen LogP contribution in [-0.2, 0) is 0 Å². The molecule has 0 spiro atoms. The zero-order chi connectivity index (χ0) is 41.1. The molecule has 56 heavy (non-hydrogen) atoms. The van der Waals surface area contributed by atoms with Gasteiger partial charge in [-0.2, -0.15) is 0 Å². The maximum absolute atomic E-state index is 8.84. The van der Waals surface area contributed by atoms with Crippen LogP contribution < -0.4 is 0 Å². The van der Waals surface area contributed by atoms with E-state index in [0.717, 1.165) is 43.6 Å². The normalized spacial score (nSPS) is 13.2. The van der Waals surface area contributed by atoms with Crippen molar-refractivity contribution in [1.82, 2.24) is 15.0 Å². The molecule has 0 aliphatic heterocycles. The molecule has 0 saturated carbocycles. The predicted octanol–water partition coefficient (Wildman–Crippen LogP) is 13.8. The Hall–Kier alpha value is -7.63. The van der Waals surface area contributed by atoms with Crippen LogP contribution in [0, 0.1) is 0 Å². The van der Waals surface area contributed by atoms with Crippen molar-refractivity contribution < 1.29 is 15.7 Å². The average molecular weight is 721 g/mol. The van der Waals surface area contributed by atoms with E-state index in [1.54, 1.807) is 0 Å². The van der Waals surface area contributed by atoms with E-state index >= 15 is 0 Å². The lowest BCUT2D eigenvalue weighted by Crippen LogP contribution is -2.00. The summed E-state index contributed by atoms with van der Waals surface area (Å²) in [4.78, 5) is 14.7. The largest absolute Gasteiger partial charge is 0.456 e. The molecule has 0 atom stereocenters. The van der Waals surface area contributed by atoms with Crippen molar-refractivity contribution in [2.45, 2.75) is 0 Å². The molecule has 5 heteroatoms. The number of nitrogens with zero attached hydrogens (tertiary/aromatic N) is 3. The van der Waals surface area contributed by atoms with E-state index < -0.39 is 30.2 Å². The van der Waals surface area contributed by atoms with Gasteiger partial charge in [-0.1, -0.05) is 145 Å². The van der Waals surface area contributed by atoms with Crippen molar-refractivity contribution in [1.29, 1.82) is 0 Å². The van der Waals surface area contributed by atoms with Crippen LogP contribution >= 0.6 is 0 Å². The van der Waals surface area contributed by atoms with Crippen molar-refractivity contribution in [2.24, 2.45) is 0 Å². The predicted molar refractivity (Wildman–Crippen MR) is 229 cm³/mol. The molecule has 0 unspecified atom stereocenters. The molecule has 260 valence electrons. The summed E-state index contributed by atoms with van der Waals surface area (Å²) in [5.74, 6) is 0.443. The lowest BCUT2D eigenvalue weighted by atomic mass is 9.91. The second-order valence-corrected chi connectivity index (χ2v) is 13.9. The maximum atomic E-state index is 8.84. The summed E-state index contributed by atoms with van der Waals surface area (Å²) in [7, 11) is 0. The van der Waals surface area contributed by atoms with Gasteiger partial charge in [0.25, 0.3) is 0 Å². The molecule has 0 amide bonds. The topological polar surface area (TPSA) is 65.0 Å². The Kier molecular flexibility index (Phi) is 5.58. The lowest BCUT2D eigenvalue weighted by Gasteiger charge is -2.12. The van der Waals surface area contributed by atoms with Crippen molar-refractivity contribution in [3.05, 3.63) is 176 Å². The van der Waals surface area contributed by atoms with E-state index in [4.69, 9.17) is 30.6 Å². The van der Waals surface area contributed by atoms with Gasteiger partial charge in [0.05, 0.1) is 6.85 Å². The molecular formula is C51H29N3O2. The first kappa shape index (κ1) is 26.2. The minimum atomic E-state index is -0.498. The Bertz CT molecular complexity index is 3790. The quantitative estimate of drug-likeness (QED) is 0.169. The molecular weight excluding hydrogens is 687 g/mol. The number of aromatic nitrogens is 3. The summed E-state index contributed by atoms with van der Waals surface area (Å²) >= 11 is 0. The number of rotatable bonds is 4. The van der Waals surface area contributed by atoms with Crippen LogP contribution in [0.3, 0.4) is 0 Å². The van der Waals surface area contributed by atoms with Crippen LogP contribution in [0.15, 0.2) is 185 Å². The molecule has 5 nitrogen and oxygen atoms in total. The third-order valence-electron chi connectivity index (χ3n) is 10.8. The highest BCUT2D eigenvalue weighted by molar-refractivity contribution is 6.26. The second kappa shape index (κ2) is 11.9. The Morgan fingerprint density at radius 1 is 0.357 bits per heavy atom. The molecule has 0 fully saturated rings. The molecule has 3 aromatic heterocycles. The van der Waals surface area contributed by atoms with Crippen LogP contribution in [0.5, 0.6) is 0 Å². The molecule has 12 rings (SSSR count). The maximum Gasteiger partial charge on any atom is 0.164 e. The zero-order valence-corrected chi connectivity index (χ0v) is 29.5. The first-order valence-electron chi connectivity index (χ1n) is 20.9. The molecule has 0 bridgehead atoms. The molecule has 0 aliphatic rings. The van der Waals surface area contributed by atoms with E-state index in [2.05, 4.69) is 72.8 Å². The molecule has 0 N–H and O–H groups in total. The van der Waals surface area contributed by atoms with Gasteiger partial charge in [0.1, 0.15) is 22.3 Å². The Morgan fingerprint density at radius 2 is 0.911 bits per heavy atom. The van der Waals surface area contributed by atoms with Gasteiger partial charge in [-0.05, 0) is 68.2 Å². The number of hydrogen-bond donors (Lipinski definition) is 0. The number of furan rings is 2. The van der Waals surface area contributed by atoms with Gasteiger partial charge >= 0.3 is 0 Å². The van der Waals surface area contributed by atoms with Crippen molar-refractivity contribution in [3.8, 4) is 45.3 Å². The molecule has 3 heterocycles. The van der Waals surface area contributed by atoms with Crippen molar-refractivity contribution in [2.75, 3.05) is 0 Å². The number of hydrogen-bond acceptors (Lipinski definition) is 5. The number of fused-ring (bicyclic) bond motifs is 12.